The van der Waals surface area contributed by atoms with Crippen LogP contribution in [0, 0.1) is 24.2 Å². The van der Waals surface area contributed by atoms with Crippen LogP contribution < -0.4 is 25.3 Å². The average Bonchev–Trinajstić information content (AvgIpc) is 3.13. The van der Waals surface area contributed by atoms with Gasteiger partial charge in [-0.15, -0.1) is 0 Å². The van der Waals surface area contributed by atoms with E-state index in [1.807, 2.05) is 43.3 Å². The maximum atomic E-state index is 11.9. The Hall–Kier alpha value is -4.33. The van der Waals surface area contributed by atoms with E-state index in [9.17, 15) is 10.1 Å². The number of nitriles is 1. The van der Waals surface area contributed by atoms with E-state index in [-0.39, 0.29) is 31.6 Å². The molecule has 1 aliphatic rings. The third-order valence-corrected chi connectivity index (χ3v) is 9.50. The Balaban J connectivity index is 1.21. The number of benzene rings is 3. The first kappa shape index (κ1) is 36.0. The van der Waals surface area contributed by atoms with Crippen molar-refractivity contribution in [1.29, 1.82) is 5.26 Å². The van der Waals surface area contributed by atoms with E-state index in [1.54, 1.807) is 31.4 Å². The molecule has 9 nitrogen and oxygen atoms in total. The summed E-state index contributed by atoms with van der Waals surface area (Å²) in [6.07, 6.45) is 5.80. The fourth-order valence-corrected chi connectivity index (χ4v) is 6.50. The number of hydrogen-bond donors (Lipinski definition) is 2. The summed E-state index contributed by atoms with van der Waals surface area (Å²) in [6.45, 7) is 6.06. The maximum absolute atomic E-state index is 11.9. The van der Waals surface area contributed by atoms with Gasteiger partial charge in [-0.1, -0.05) is 53.5 Å². The molecule has 2 heterocycles. The minimum Gasteiger partial charge on any atom is -0.492 e. The van der Waals surface area contributed by atoms with Crippen LogP contribution in [0.1, 0.15) is 47.1 Å². The van der Waals surface area contributed by atoms with Crippen LogP contribution in [0.4, 0.5) is 0 Å². The summed E-state index contributed by atoms with van der Waals surface area (Å²) in [4.78, 5) is 18.4. The van der Waals surface area contributed by atoms with E-state index in [1.165, 1.54) is 6.20 Å². The van der Waals surface area contributed by atoms with E-state index in [4.69, 9.17) is 43.1 Å². The van der Waals surface area contributed by atoms with Crippen LogP contribution in [0.15, 0.2) is 67.0 Å². The Kier molecular flexibility index (Phi) is 12.7. The molecular formula is C38H41Cl2N5O4. The van der Waals surface area contributed by atoms with Crippen LogP contribution in [0.25, 0.3) is 11.1 Å². The van der Waals surface area contributed by atoms with E-state index in [2.05, 4.69) is 21.3 Å². The topological polar surface area (TPSA) is 123 Å². The highest BCUT2D eigenvalue weighted by atomic mass is 35.5. The molecule has 0 spiro atoms. The standard InChI is InChI=1S/C38H41Cl2N5O4/c1-25-29(24-49-36-18-35(30(20-42)17-33(36)39)48-23-27-16-26(19-41)21-44-22-27)6-3-7-31(25)32-8-4-9-34(37(32)40)47-15-5-12-45-13-10-28(11-14-45)38(46)43-2/h3-4,6-9,16-18,21-22,28H,5,10-15,20,23-24,42H2,1-2H3,(H,43,46). The van der Waals surface area contributed by atoms with Gasteiger partial charge in [0.05, 0.1) is 22.2 Å². The number of pyridine rings is 1. The smallest absolute Gasteiger partial charge is 0.222 e. The summed E-state index contributed by atoms with van der Waals surface area (Å²) >= 11 is 13.5. The minimum atomic E-state index is 0.116. The summed E-state index contributed by atoms with van der Waals surface area (Å²) < 4.78 is 18.4. The van der Waals surface area contributed by atoms with Crippen molar-refractivity contribution >= 4 is 29.1 Å². The molecule has 1 saturated heterocycles. The van der Waals surface area contributed by atoms with Crippen LogP contribution in [0.3, 0.4) is 0 Å². The molecule has 0 saturated carbocycles. The van der Waals surface area contributed by atoms with E-state index in [0.29, 0.717) is 39.5 Å². The molecule has 0 atom stereocenters. The fraction of sp³-hybridized carbons (Fsp3) is 0.342. The van der Waals surface area contributed by atoms with Gasteiger partial charge >= 0.3 is 0 Å². The van der Waals surface area contributed by atoms with Gasteiger partial charge in [-0.25, -0.2) is 0 Å². The summed E-state index contributed by atoms with van der Waals surface area (Å²) in [5.41, 5.74) is 11.8. The molecule has 3 aromatic carbocycles. The lowest BCUT2D eigenvalue weighted by molar-refractivity contribution is -0.125. The predicted molar refractivity (Wildman–Crippen MR) is 192 cm³/mol. The molecule has 11 heteroatoms. The van der Waals surface area contributed by atoms with Crippen LogP contribution >= 0.6 is 23.2 Å². The molecule has 256 valence electrons. The molecule has 49 heavy (non-hydrogen) atoms. The first-order valence-corrected chi connectivity index (χ1v) is 17.1. The molecule has 4 aromatic rings. The zero-order valence-corrected chi connectivity index (χ0v) is 29.3. The number of hydrogen-bond acceptors (Lipinski definition) is 8. The lowest BCUT2D eigenvalue weighted by Crippen LogP contribution is -2.40. The first-order valence-electron chi connectivity index (χ1n) is 16.4. The normalized spacial score (nSPS) is 13.5. The van der Waals surface area contributed by atoms with Gasteiger partial charge in [-0.2, -0.15) is 5.26 Å². The molecular weight excluding hydrogens is 661 g/mol. The van der Waals surface area contributed by atoms with E-state index < -0.39 is 0 Å². The van der Waals surface area contributed by atoms with E-state index >= 15 is 0 Å². The number of ether oxygens (including phenoxy) is 3. The second-order valence-corrected chi connectivity index (χ2v) is 12.8. The molecule has 5 rings (SSSR count). The van der Waals surface area contributed by atoms with E-state index in [0.717, 1.165) is 72.3 Å². The van der Waals surface area contributed by atoms with Crippen molar-refractivity contribution in [3.63, 3.8) is 0 Å². The highest BCUT2D eigenvalue weighted by Gasteiger charge is 2.24. The molecule has 0 aliphatic carbocycles. The third kappa shape index (κ3) is 9.22. The quantitative estimate of drug-likeness (QED) is 0.134. The number of amides is 1. The van der Waals surface area contributed by atoms with Gasteiger partial charge in [0.2, 0.25) is 5.91 Å². The largest absolute Gasteiger partial charge is 0.492 e. The zero-order chi connectivity index (χ0) is 34.8. The summed E-state index contributed by atoms with van der Waals surface area (Å²) in [6, 6.07) is 19.2. The average molecular weight is 703 g/mol. The van der Waals surface area contributed by atoms with Gasteiger partial charge in [-0.05, 0) is 74.2 Å². The van der Waals surface area contributed by atoms with Crippen molar-refractivity contribution in [2.75, 3.05) is 33.3 Å². The van der Waals surface area contributed by atoms with Gasteiger partial charge in [0.15, 0.2) is 0 Å². The van der Waals surface area contributed by atoms with Gasteiger partial charge in [0, 0.05) is 61.2 Å². The molecule has 0 radical (unpaired) electrons. The number of halogens is 2. The highest BCUT2D eigenvalue weighted by molar-refractivity contribution is 6.35. The molecule has 0 bridgehead atoms. The molecule has 1 aliphatic heterocycles. The Morgan fingerprint density at radius 3 is 2.49 bits per heavy atom. The maximum Gasteiger partial charge on any atom is 0.222 e. The third-order valence-electron chi connectivity index (χ3n) is 8.82. The second-order valence-electron chi connectivity index (χ2n) is 12.0. The number of piperidine rings is 1. The van der Waals surface area contributed by atoms with Crippen molar-refractivity contribution in [1.82, 2.24) is 15.2 Å². The van der Waals surface area contributed by atoms with Crippen molar-refractivity contribution in [3.8, 4) is 34.4 Å². The van der Waals surface area contributed by atoms with Crippen LogP contribution in [-0.2, 0) is 24.6 Å². The Morgan fingerprint density at radius 2 is 1.73 bits per heavy atom. The van der Waals surface area contributed by atoms with Gasteiger partial charge in [0.25, 0.3) is 0 Å². The number of nitrogens with two attached hydrogens (primary N) is 1. The van der Waals surface area contributed by atoms with Gasteiger partial charge in [-0.3, -0.25) is 9.78 Å². The minimum absolute atomic E-state index is 0.116. The van der Waals surface area contributed by atoms with Crippen molar-refractivity contribution < 1.29 is 19.0 Å². The summed E-state index contributed by atoms with van der Waals surface area (Å²) in [5.74, 6) is 1.91. The van der Waals surface area contributed by atoms with Crippen molar-refractivity contribution in [2.24, 2.45) is 11.7 Å². The van der Waals surface area contributed by atoms with Crippen molar-refractivity contribution in [2.45, 2.75) is 45.9 Å². The van der Waals surface area contributed by atoms with Crippen LogP contribution in [-0.4, -0.2) is 49.1 Å². The number of carbonyl (C=O) groups excluding carboxylic acids is 1. The molecule has 3 N–H and O–H groups in total. The number of nitrogens with zero attached hydrogens (tertiary/aromatic N) is 3. The number of likely N-dealkylation sites (tertiary alicyclic amines) is 1. The fourth-order valence-electron chi connectivity index (χ4n) is 5.98. The molecule has 0 unspecified atom stereocenters. The number of rotatable bonds is 14. The molecule has 1 aromatic heterocycles. The number of nitrogens with one attached hydrogen (secondary N) is 1. The lowest BCUT2D eigenvalue weighted by atomic mass is 9.96. The predicted octanol–water partition coefficient (Wildman–Crippen LogP) is 7.08. The number of aromatic nitrogens is 1. The summed E-state index contributed by atoms with van der Waals surface area (Å²) in [7, 11) is 1.70. The van der Waals surface area contributed by atoms with Gasteiger partial charge in [0.1, 0.15) is 36.5 Å². The second kappa shape index (κ2) is 17.4. The van der Waals surface area contributed by atoms with Crippen LogP contribution in [0.2, 0.25) is 10.0 Å². The summed E-state index contributed by atoms with van der Waals surface area (Å²) in [5, 5.41) is 12.9. The molecule has 1 amide bonds. The Morgan fingerprint density at radius 1 is 0.980 bits per heavy atom. The lowest BCUT2D eigenvalue weighted by Gasteiger charge is -2.30. The monoisotopic (exact) mass is 701 g/mol. The van der Waals surface area contributed by atoms with Crippen LogP contribution in [0.5, 0.6) is 17.2 Å². The highest BCUT2D eigenvalue weighted by Crippen LogP contribution is 2.38. The number of carbonyl (C=O) groups is 1. The first-order chi connectivity index (χ1) is 23.8. The Labute approximate surface area is 297 Å². The van der Waals surface area contributed by atoms with Crippen molar-refractivity contribution in [3.05, 3.63) is 105 Å². The SMILES string of the molecule is CNC(=O)C1CCN(CCCOc2cccc(-c3cccc(COc4cc(OCc5cncc(C#N)c5)c(CN)cc4Cl)c3C)c2Cl)CC1. The molecule has 1 fully saturated rings. The Bertz CT molecular complexity index is 1800. The van der Waals surface area contributed by atoms with Gasteiger partial charge < -0.3 is 30.2 Å². The zero-order valence-electron chi connectivity index (χ0n) is 27.8.